The van der Waals surface area contributed by atoms with Crippen LogP contribution in [0, 0.1) is 12.3 Å². The second kappa shape index (κ2) is 10.7. The summed E-state index contributed by atoms with van der Waals surface area (Å²) >= 11 is 6.16. The predicted octanol–water partition coefficient (Wildman–Crippen LogP) is 4.88. The van der Waals surface area contributed by atoms with Gasteiger partial charge in [-0.2, -0.15) is 0 Å². The molecule has 178 valence electrons. The summed E-state index contributed by atoms with van der Waals surface area (Å²) in [6.45, 7) is 5.64. The van der Waals surface area contributed by atoms with Crippen molar-refractivity contribution in [2.45, 2.75) is 32.9 Å². The molecule has 3 rings (SSSR count). The van der Waals surface area contributed by atoms with Gasteiger partial charge in [0.15, 0.2) is 0 Å². The molecule has 0 aliphatic rings. The van der Waals surface area contributed by atoms with Crippen LogP contribution in [0.2, 0.25) is 5.02 Å². The molecule has 0 radical (unpaired) electrons. The Kier molecular flexibility index (Phi) is 7.91. The summed E-state index contributed by atoms with van der Waals surface area (Å²) in [4.78, 5) is 19.2. The number of hydrogen-bond acceptors (Lipinski definition) is 6. The number of nitrogen functional groups attached to an aromatic ring is 1. The molecule has 34 heavy (non-hydrogen) atoms. The maximum atomic E-state index is 13.5. The Morgan fingerprint density at radius 1 is 1.32 bits per heavy atom. The highest BCUT2D eigenvalue weighted by molar-refractivity contribution is 6.30. The van der Waals surface area contributed by atoms with Crippen LogP contribution in [-0.2, 0) is 0 Å². The van der Waals surface area contributed by atoms with Gasteiger partial charge in [-0.1, -0.05) is 23.7 Å². The summed E-state index contributed by atoms with van der Waals surface area (Å²) < 4.78 is 5.84. The number of carbonyl (C=O) groups is 1. The Hall–Kier alpha value is -3.42. The maximum absolute atomic E-state index is 13.5. The second-order valence-corrected chi connectivity index (χ2v) is 8.46. The van der Waals surface area contributed by atoms with Gasteiger partial charge in [0, 0.05) is 58.1 Å². The third kappa shape index (κ3) is 5.05. The summed E-state index contributed by atoms with van der Waals surface area (Å²) in [6.07, 6.45) is 1.74. The summed E-state index contributed by atoms with van der Waals surface area (Å²) in [7, 11) is 1.61. The number of nitrogens with two attached hydrogens (primary N) is 1. The van der Waals surface area contributed by atoms with Crippen LogP contribution in [0.1, 0.15) is 47.1 Å². The average molecular weight is 481 g/mol. The van der Waals surface area contributed by atoms with Crippen molar-refractivity contribution in [3.05, 3.63) is 76.1 Å². The lowest BCUT2D eigenvalue weighted by atomic mass is 9.96. The van der Waals surface area contributed by atoms with E-state index in [2.05, 4.69) is 4.98 Å². The van der Waals surface area contributed by atoms with Gasteiger partial charge >= 0.3 is 0 Å². The van der Waals surface area contributed by atoms with Crippen LogP contribution in [-0.4, -0.2) is 46.9 Å². The number of nitrogens with one attached hydrogen (secondary N) is 1. The van der Waals surface area contributed by atoms with Gasteiger partial charge in [-0.15, -0.1) is 0 Å². The normalized spacial score (nSPS) is 12.6. The average Bonchev–Trinajstić information content (AvgIpc) is 2.80. The highest BCUT2D eigenvalue weighted by atomic mass is 35.5. The molecule has 2 aromatic carbocycles. The Morgan fingerprint density at radius 2 is 2.06 bits per heavy atom. The molecule has 1 heterocycles. The number of nitrogens with zero attached hydrogens (tertiary/aromatic N) is 2. The van der Waals surface area contributed by atoms with Crippen molar-refractivity contribution in [1.29, 1.82) is 5.41 Å². The molecule has 2 unspecified atom stereocenters. The van der Waals surface area contributed by atoms with E-state index in [1.807, 2.05) is 31.2 Å². The van der Waals surface area contributed by atoms with E-state index in [9.17, 15) is 9.90 Å². The number of aryl methyl sites for hydroxylation is 1. The van der Waals surface area contributed by atoms with Crippen molar-refractivity contribution in [2.75, 3.05) is 19.4 Å². The van der Waals surface area contributed by atoms with Crippen LogP contribution in [0.4, 0.5) is 5.69 Å². The first-order chi connectivity index (χ1) is 16.2. The lowest BCUT2D eigenvalue weighted by Crippen LogP contribution is -2.37. The summed E-state index contributed by atoms with van der Waals surface area (Å²) in [5, 5.41) is 18.8. The fraction of sp³-hybridized carbons (Fsp3) is 0.269. The number of aliphatic hydroxyl groups excluding tert-OH is 1. The minimum absolute atomic E-state index is 0.319. The van der Waals surface area contributed by atoms with E-state index >= 15 is 0 Å². The fourth-order valence-corrected chi connectivity index (χ4v) is 4.21. The van der Waals surface area contributed by atoms with Gasteiger partial charge in [-0.05, 0) is 56.7 Å². The van der Waals surface area contributed by atoms with Crippen molar-refractivity contribution in [3.8, 4) is 16.9 Å². The molecule has 0 saturated heterocycles. The smallest absolute Gasteiger partial charge is 0.254 e. The van der Waals surface area contributed by atoms with E-state index in [1.165, 1.54) is 4.90 Å². The Balaban J connectivity index is 2.02. The van der Waals surface area contributed by atoms with Gasteiger partial charge < -0.3 is 25.9 Å². The molecule has 2 atom stereocenters. The molecule has 4 N–H and O–H groups in total. The lowest BCUT2D eigenvalue weighted by molar-refractivity contribution is 0.0492. The Labute approximate surface area is 204 Å². The van der Waals surface area contributed by atoms with E-state index in [1.54, 1.807) is 45.3 Å². The van der Waals surface area contributed by atoms with Gasteiger partial charge in [-0.3, -0.25) is 9.78 Å². The van der Waals surface area contributed by atoms with Crippen LogP contribution in [0.15, 0.2) is 48.7 Å². The largest absolute Gasteiger partial charge is 0.493 e. The number of hydrogen-bond donors (Lipinski definition) is 3. The van der Waals surface area contributed by atoms with Gasteiger partial charge in [0.25, 0.3) is 5.91 Å². The van der Waals surface area contributed by atoms with Crippen LogP contribution in [0.25, 0.3) is 11.1 Å². The number of amides is 1. The molecule has 0 aliphatic heterocycles. The van der Waals surface area contributed by atoms with Gasteiger partial charge in [-0.25, -0.2) is 0 Å². The third-order valence-corrected chi connectivity index (χ3v) is 5.94. The zero-order valence-electron chi connectivity index (χ0n) is 19.7. The summed E-state index contributed by atoms with van der Waals surface area (Å²) in [5.74, 6) is 0.237. The molecule has 0 saturated carbocycles. The van der Waals surface area contributed by atoms with Crippen LogP contribution in [0.5, 0.6) is 5.75 Å². The molecular formula is C26H29ClN4O3. The summed E-state index contributed by atoms with van der Waals surface area (Å²) in [6, 6.07) is 11.9. The topological polar surface area (TPSA) is 113 Å². The number of pyridine rings is 1. The van der Waals surface area contributed by atoms with E-state index in [4.69, 9.17) is 27.5 Å². The van der Waals surface area contributed by atoms with Crippen molar-refractivity contribution < 1.29 is 14.6 Å². The van der Waals surface area contributed by atoms with Crippen LogP contribution in [0.3, 0.4) is 0 Å². The van der Waals surface area contributed by atoms with Crippen molar-refractivity contribution in [2.24, 2.45) is 0 Å². The molecule has 1 amide bonds. The number of anilines is 1. The Morgan fingerprint density at radius 3 is 2.68 bits per heavy atom. The van der Waals surface area contributed by atoms with Gasteiger partial charge in [0.2, 0.25) is 0 Å². The van der Waals surface area contributed by atoms with Crippen LogP contribution < -0.4 is 10.5 Å². The molecule has 0 fully saturated rings. The zero-order valence-corrected chi connectivity index (χ0v) is 20.4. The molecule has 0 bridgehead atoms. The van der Waals surface area contributed by atoms with E-state index in [0.29, 0.717) is 45.5 Å². The highest BCUT2D eigenvalue weighted by Crippen LogP contribution is 2.35. The predicted molar refractivity (Wildman–Crippen MR) is 136 cm³/mol. The first kappa shape index (κ1) is 25.2. The van der Waals surface area contributed by atoms with E-state index in [-0.39, 0.29) is 5.91 Å². The number of aromatic nitrogens is 1. The number of benzene rings is 2. The third-order valence-electron chi connectivity index (χ3n) is 5.71. The van der Waals surface area contributed by atoms with Gasteiger partial charge in [0.05, 0.1) is 18.8 Å². The first-order valence-electron chi connectivity index (χ1n) is 10.9. The molecule has 1 aromatic heterocycles. The van der Waals surface area contributed by atoms with Crippen molar-refractivity contribution in [1.82, 2.24) is 9.88 Å². The Bertz CT molecular complexity index is 1210. The minimum atomic E-state index is -0.934. The monoisotopic (exact) mass is 480 g/mol. The van der Waals surface area contributed by atoms with Gasteiger partial charge in [0.1, 0.15) is 5.75 Å². The van der Waals surface area contributed by atoms with Crippen LogP contribution >= 0.6 is 11.6 Å². The molecule has 7 nitrogen and oxygen atoms in total. The molecule has 3 aromatic rings. The first-order valence-corrected chi connectivity index (χ1v) is 11.3. The number of aliphatic hydroxyl groups is 1. The van der Waals surface area contributed by atoms with E-state index < -0.39 is 12.1 Å². The zero-order chi connectivity index (χ0) is 25.0. The highest BCUT2D eigenvalue weighted by Gasteiger charge is 2.30. The quantitative estimate of drug-likeness (QED) is 0.397. The number of carbonyl (C=O) groups excluding carboxylic acids is 1. The lowest BCUT2D eigenvalue weighted by Gasteiger charge is -2.32. The maximum Gasteiger partial charge on any atom is 0.254 e. The standard InChI is InChI=1S/C26H29ClN4O3/c1-5-34-23-12-18(9-10-20(23)17-7-6-8-19(27)11-17)26(33)31(4)25(16(3)32)22-14-30-15(2)21(13-28)24(22)29/h6-14,16,25,28,32H,5H2,1-4H3,(H2,29,30). The number of halogens is 1. The molecule has 8 heteroatoms. The number of rotatable bonds is 8. The number of ether oxygens (including phenoxy) is 1. The molecule has 0 aliphatic carbocycles. The number of likely N-dealkylation sites (N-methyl/N-ethyl adjacent to an activating group) is 1. The fourth-order valence-electron chi connectivity index (χ4n) is 4.02. The molecule has 0 spiro atoms. The minimum Gasteiger partial charge on any atom is -0.493 e. The SMILES string of the molecule is CCOc1cc(C(=O)N(C)C(c2cnc(C)c(C=N)c2N)C(C)O)ccc1-c1cccc(Cl)c1. The van der Waals surface area contributed by atoms with Crippen molar-refractivity contribution >= 4 is 29.4 Å². The molecular weight excluding hydrogens is 452 g/mol. The van der Waals surface area contributed by atoms with Crippen molar-refractivity contribution in [3.63, 3.8) is 0 Å². The second-order valence-electron chi connectivity index (χ2n) is 8.03. The van der Waals surface area contributed by atoms with E-state index in [0.717, 1.165) is 17.3 Å². The summed E-state index contributed by atoms with van der Waals surface area (Å²) in [5.41, 5.74) is 10.3.